The van der Waals surface area contributed by atoms with E-state index >= 15 is 0 Å². The molecule has 1 rings (SSSR count). The molecule has 3 nitrogen and oxygen atoms in total. The van der Waals surface area contributed by atoms with E-state index in [1.807, 2.05) is 0 Å². The second kappa shape index (κ2) is 4.93. The van der Waals surface area contributed by atoms with Crippen molar-refractivity contribution in [3.8, 4) is 0 Å². The fraction of sp³-hybridized carbons (Fsp3) is 0.364. The fourth-order valence-electron chi connectivity index (χ4n) is 1.08. The number of carbonyl (C=O) groups excluding carboxylic acids is 1. The van der Waals surface area contributed by atoms with Crippen molar-refractivity contribution in [2.45, 2.75) is 25.9 Å². The van der Waals surface area contributed by atoms with Crippen molar-refractivity contribution >= 4 is 21.8 Å². The van der Waals surface area contributed by atoms with Crippen LogP contribution in [0.15, 0.2) is 22.7 Å². The highest BCUT2D eigenvalue weighted by atomic mass is 79.9. The number of benzene rings is 1. The molecule has 0 saturated carbocycles. The maximum Gasteiger partial charge on any atom is 0.239 e. The van der Waals surface area contributed by atoms with Crippen LogP contribution in [-0.4, -0.2) is 11.4 Å². The molecular formula is C11H14BrFN2O. The zero-order valence-corrected chi connectivity index (χ0v) is 10.8. The van der Waals surface area contributed by atoms with E-state index in [0.29, 0.717) is 5.56 Å². The maximum atomic E-state index is 13.3. The van der Waals surface area contributed by atoms with Gasteiger partial charge in [-0.3, -0.25) is 4.79 Å². The van der Waals surface area contributed by atoms with Gasteiger partial charge in [0.1, 0.15) is 5.82 Å². The average molecular weight is 289 g/mol. The molecule has 5 heteroatoms. The van der Waals surface area contributed by atoms with E-state index in [2.05, 4.69) is 21.2 Å². The lowest BCUT2D eigenvalue weighted by atomic mass is 10.1. The van der Waals surface area contributed by atoms with Crippen molar-refractivity contribution < 1.29 is 9.18 Å². The molecule has 1 amide bonds. The SMILES string of the molecule is CC(C)(N)C(=O)NCc1cc(Br)ccc1F. The third kappa shape index (κ3) is 3.57. The molecule has 0 aliphatic heterocycles. The third-order valence-electron chi connectivity index (χ3n) is 2.03. The number of rotatable bonds is 3. The number of amides is 1. The lowest BCUT2D eigenvalue weighted by molar-refractivity contribution is -0.125. The summed E-state index contributed by atoms with van der Waals surface area (Å²) in [6.45, 7) is 3.32. The largest absolute Gasteiger partial charge is 0.350 e. The first-order chi connectivity index (χ1) is 7.30. The van der Waals surface area contributed by atoms with Crippen LogP contribution in [0, 0.1) is 5.82 Å². The van der Waals surface area contributed by atoms with Crippen molar-refractivity contribution in [2.24, 2.45) is 5.73 Å². The highest BCUT2D eigenvalue weighted by Crippen LogP contribution is 2.15. The molecule has 3 N–H and O–H groups in total. The summed E-state index contributed by atoms with van der Waals surface area (Å²) in [5, 5.41) is 2.58. The van der Waals surface area contributed by atoms with Gasteiger partial charge in [0.15, 0.2) is 0 Å². The average Bonchev–Trinajstić information content (AvgIpc) is 2.17. The van der Waals surface area contributed by atoms with E-state index < -0.39 is 5.54 Å². The van der Waals surface area contributed by atoms with Gasteiger partial charge in [-0.2, -0.15) is 0 Å². The van der Waals surface area contributed by atoms with Crippen LogP contribution in [0.3, 0.4) is 0 Å². The minimum atomic E-state index is -0.956. The topological polar surface area (TPSA) is 55.1 Å². The molecule has 0 fully saturated rings. The molecule has 0 radical (unpaired) electrons. The Morgan fingerprint density at radius 2 is 2.19 bits per heavy atom. The van der Waals surface area contributed by atoms with Crippen LogP contribution in [0.5, 0.6) is 0 Å². The highest BCUT2D eigenvalue weighted by molar-refractivity contribution is 9.10. The second-order valence-corrected chi connectivity index (χ2v) is 5.06. The zero-order valence-electron chi connectivity index (χ0n) is 9.18. The quantitative estimate of drug-likeness (QED) is 0.893. The Labute approximate surface area is 102 Å². The van der Waals surface area contributed by atoms with Crippen molar-refractivity contribution in [2.75, 3.05) is 0 Å². The Morgan fingerprint density at radius 1 is 1.56 bits per heavy atom. The predicted octanol–water partition coefficient (Wildman–Crippen LogP) is 1.94. The lowest BCUT2D eigenvalue weighted by Gasteiger charge is -2.17. The number of nitrogens with one attached hydrogen (secondary N) is 1. The van der Waals surface area contributed by atoms with Crippen molar-refractivity contribution in [3.63, 3.8) is 0 Å². The highest BCUT2D eigenvalue weighted by Gasteiger charge is 2.21. The molecule has 0 atom stereocenters. The lowest BCUT2D eigenvalue weighted by Crippen LogP contribution is -2.48. The molecule has 0 aliphatic rings. The van der Waals surface area contributed by atoms with Gasteiger partial charge in [-0.1, -0.05) is 15.9 Å². The Bertz CT molecular complexity index is 401. The molecular weight excluding hydrogens is 275 g/mol. The van der Waals surface area contributed by atoms with Gasteiger partial charge in [0.25, 0.3) is 0 Å². The van der Waals surface area contributed by atoms with E-state index in [-0.39, 0.29) is 18.3 Å². The van der Waals surface area contributed by atoms with Crippen LogP contribution in [-0.2, 0) is 11.3 Å². The minimum Gasteiger partial charge on any atom is -0.350 e. The minimum absolute atomic E-state index is 0.130. The summed E-state index contributed by atoms with van der Waals surface area (Å²) < 4.78 is 14.1. The Morgan fingerprint density at radius 3 is 2.75 bits per heavy atom. The standard InChI is InChI=1S/C11H14BrFN2O/c1-11(2,14)10(16)15-6-7-5-8(12)3-4-9(7)13/h3-5H,6,14H2,1-2H3,(H,15,16). The fourth-order valence-corrected chi connectivity index (χ4v) is 1.49. The molecule has 16 heavy (non-hydrogen) atoms. The molecule has 0 aliphatic carbocycles. The van der Waals surface area contributed by atoms with E-state index in [4.69, 9.17) is 5.73 Å². The van der Waals surface area contributed by atoms with Crippen LogP contribution >= 0.6 is 15.9 Å². The van der Waals surface area contributed by atoms with Crippen LogP contribution in [0.4, 0.5) is 4.39 Å². The summed E-state index contributed by atoms with van der Waals surface area (Å²) in [6, 6.07) is 4.58. The second-order valence-electron chi connectivity index (χ2n) is 4.14. The molecule has 1 aromatic carbocycles. The monoisotopic (exact) mass is 288 g/mol. The summed E-state index contributed by atoms with van der Waals surface area (Å²) in [5.41, 5.74) is 5.06. The van der Waals surface area contributed by atoms with E-state index in [0.717, 1.165) is 4.47 Å². The maximum absolute atomic E-state index is 13.3. The third-order valence-corrected chi connectivity index (χ3v) is 2.53. The number of nitrogens with two attached hydrogens (primary N) is 1. The molecule has 0 spiro atoms. The molecule has 0 bridgehead atoms. The molecule has 0 aromatic heterocycles. The number of hydrogen-bond acceptors (Lipinski definition) is 2. The van der Waals surface area contributed by atoms with Gasteiger partial charge < -0.3 is 11.1 Å². The normalized spacial score (nSPS) is 11.3. The number of carbonyl (C=O) groups is 1. The molecule has 0 unspecified atom stereocenters. The van der Waals surface area contributed by atoms with Gasteiger partial charge in [-0.05, 0) is 32.0 Å². The Kier molecular flexibility index (Phi) is 4.04. The smallest absolute Gasteiger partial charge is 0.239 e. The van der Waals surface area contributed by atoms with Gasteiger partial charge in [0.2, 0.25) is 5.91 Å². The first kappa shape index (κ1) is 13.1. The number of halogens is 2. The summed E-state index contributed by atoms with van der Waals surface area (Å²) in [6.07, 6.45) is 0. The van der Waals surface area contributed by atoms with E-state index in [9.17, 15) is 9.18 Å². The van der Waals surface area contributed by atoms with Crippen molar-refractivity contribution in [1.82, 2.24) is 5.32 Å². The Hall–Kier alpha value is -0.940. The Balaban J connectivity index is 2.68. The zero-order chi connectivity index (χ0) is 12.3. The summed E-state index contributed by atoms with van der Waals surface area (Å²) in [5.74, 6) is -0.662. The van der Waals surface area contributed by atoms with Crippen LogP contribution < -0.4 is 11.1 Å². The molecule has 0 heterocycles. The first-order valence-electron chi connectivity index (χ1n) is 4.82. The summed E-state index contributed by atoms with van der Waals surface area (Å²) >= 11 is 3.24. The predicted molar refractivity (Wildman–Crippen MR) is 64.2 cm³/mol. The van der Waals surface area contributed by atoms with E-state index in [1.165, 1.54) is 6.07 Å². The van der Waals surface area contributed by atoms with Gasteiger partial charge >= 0.3 is 0 Å². The van der Waals surface area contributed by atoms with Gasteiger partial charge in [-0.15, -0.1) is 0 Å². The van der Waals surface area contributed by atoms with Gasteiger partial charge in [0, 0.05) is 16.6 Å². The van der Waals surface area contributed by atoms with E-state index in [1.54, 1.807) is 26.0 Å². The molecule has 88 valence electrons. The van der Waals surface area contributed by atoms with Gasteiger partial charge in [0.05, 0.1) is 5.54 Å². The summed E-state index contributed by atoms with van der Waals surface area (Å²) in [7, 11) is 0. The summed E-state index contributed by atoms with van der Waals surface area (Å²) in [4.78, 5) is 11.5. The van der Waals surface area contributed by atoms with Crippen LogP contribution in [0.1, 0.15) is 19.4 Å². The number of hydrogen-bond donors (Lipinski definition) is 2. The molecule has 1 aromatic rings. The van der Waals surface area contributed by atoms with Crippen LogP contribution in [0.2, 0.25) is 0 Å². The van der Waals surface area contributed by atoms with Crippen molar-refractivity contribution in [3.05, 3.63) is 34.1 Å². The van der Waals surface area contributed by atoms with Crippen LogP contribution in [0.25, 0.3) is 0 Å². The first-order valence-corrected chi connectivity index (χ1v) is 5.61. The molecule has 0 saturated heterocycles. The van der Waals surface area contributed by atoms with Crippen molar-refractivity contribution in [1.29, 1.82) is 0 Å². The van der Waals surface area contributed by atoms with Gasteiger partial charge in [-0.25, -0.2) is 4.39 Å².